The molecular formula is C22H24O7. The SMILES string of the molecule is O=C(C(=O)c1ccc2c(c1)OCCOCCOCCOCCO2)c1ccccc1. The van der Waals surface area contributed by atoms with Gasteiger partial charge in [0, 0.05) is 11.1 Å². The topological polar surface area (TPSA) is 80.3 Å². The van der Waals surface area contributed by atoms with Gasteiger partial charge in [-0.1, -0.05) is 30.3 Å². The number of benzene rings is 2. The van der Waals surface area contributed by atoms with Gasteiger partial charge in [0.05, 0.1) is 39.6 Å². The first-order valence-corrected chi connectivity index (χ1v) is 9.52. The molecule has 0 unspecified atom stereocenters. The lowest BCUT2D eigenvalue weighted by Gasteiger charge is -2.14. The van der Waals surface area contributed by atoms with Crippen molar-refractivity contribution in [2.75, 3.05) is 52.9 Å². The molecular weight excluding hydrogens is 376 g/mol. The zero-order valence-corrected chi connectivity index (χ0v) is 16.1. The maximum Gasteiger partial charge on any atom is 0.233 e. The Morgan fingerprint density at radius 2 is 1.07 bits per heavy atom. The Morgan fingerprint density at radius 1 is 0.552 bits per heavy atom. The molecule has 0 saturated heterocycles. The molecule has 0 bridgehead atoms. The quantitative estimate of drug-likeness (QED) is 0.579. The molecule has 0 aromatic heterocycles. The van der Waals surface area contributed by atoms with E-state index < -0.39 is 11.6 Å². The van der Waals surface area contributed by atoms with Crippen molar-refractivity contribution in [1.82, 2.24) is 0 Å². The summed E-state index contributed by atoms with van der Waals surface area (Å²) in [6.45, 7) is 3.26. The van der Waals surface area contributed by atoms with Gasteiger partial charge in [0.2, 0.25) is 11.6 Å². The summed E-state index contributed by atoms with van der Waals surface area (Å²) in [7, 11) is 0. The van der Waals surface area contributed by atoms with E-state index in [4.69, 9.17) is 23.7 Å². The number of rotatable bonds is 3. The van der Waals surface area contributed by atoms with E-state index in [0.717, 1.165) is 0 Å². The van der Waals surface area contributed by atoms with Crippen molar-refractivity contribution in [3.05, 3.63) is 59.7 Å². The molecule has 0 N–H and O–H groups in total. The summed E-state index contributed by atoms with van der Waals surface area (Å²) in [6, 6.07) is 13.2. The lowest BCUT2D eigenvalue weighted by Crippen LogP contribution is -2.15. The molecule has 0 radical (unpaired) electrons. The van der Waals surface area contributed by atoms with E-state index >= 15 is 0 Å². The molecule has 0 aliphatic carbocycles. The van der Waals surface area contributed by atoms with E-state index in [9.17, 15) is 9.59 Å². The molecule has 0 spiro atoms. The lowest BCUT2D eigenvalue weighted by atomic mass is 10.0. The van der Waals surface area contributed by atoms with Crippen LogP contribution < -0.4 is 9.47 Å². The Hall–Kier alpha value is -2.74. The Kier molecular flexibility index (Phi) is 8.18. The molecule has 0 amide bonds. The Bertz CT molecular complexity index is 804. The van der Waals surface area contributed by atoms with Crippen molar-refractivity contribution in [2.24, 2.45) is 0 Å². The normalized spacial score (nSPS) is 16.3. The fourth-order valence-electron chi connectivity index (χ4n) is 2.70. The third-order valence-electron chi connectivity index (χ3n) is 4.16. The molecule has 7 heteroatoms. The zero-order chi connectivity index (χ0) is 20.3. The molecule has 2 aromatic rings. The van der Waals surface area contributed by atoms with Gasteiger partial charge in [-0.3, -0.25) is 9.59 Å². The van der Waals surface area contributed by atoms with Gasteiger partial charge in [-0.05, 0) is 18.2 Å². The number of carbonyl (C=O) groups is 2. The molecule has 2 aromatic carbocycles. The molecule has 1 aliphatic rings. The molecule has 1 heterocycles. The number of hydrogen-bond donors (Lipinski definition) is 0. The summed E-state index contributed by atoms with van der Waals surface area (Å²) in [5.41, 5.74) is 0.586. The molecule has 154 valence electrons. The first-order chi connectivity index (χ1) is 14.3. The fourth-order valence-corrected chi connectivity index (χ4v) is 2.70. The number of hydrogen-bond acceptors (Lipinski definition) is 7. The minimum atomic E-state index is -0.602. The van der Waals surface area contributed by atoms with Crippen LogP contribution in [0.15, 0.2) is 48.5 Å². The number of Topliss-reactive ketones (excluding diaryl/α,β-unsaturated/α-hetero) is 2. The maximum atomic E-state index is 12.6. The molecule has 0 fully saturated rings. The van der Waals surface area contributed by atoms with Crippen molar-refractivity contribution >= 4 is 11.6 Å². The highest BCUT2D eigenvalue weighted by atomic mass is 16.6. The standard InChI is InChI=1S/C22H24O7/c23-21(17-4-2-1-3-5-17)22(24)18-6-7-19-20(16-18)29-15-13-27-11-9-25-8-10-26-12-14-28-19/h1-7,16H,8-15H2. The highest BCUT2D eigenvalue weighted by Gasteiger charge is 2.20. The minimum absolute atomic E-state index is 0.240. The van der Waals surface area contributed by atoms with Crippen LogP contribution in [0, 0.1) is 0 Å². The van der Waals surface area contributed by atoms with Crippen LogP contribution in [0.1, 0.15) is 20.7 Å². The third-order valence-corrected chi connectivity index (χ3v) is 4.16. The average Bonchev–Trinajstić information content (AvgIpc) is 2.77. The molecule has 0 atom stereocenters. The van der Waals surface area contributed by atoms with E-state index in [1.54, 1.807) is 42.5 Å². The molecule has 0 saturated carbocycles. The number of fused-ring (bicyclic) bond motifs is 1. The number of ketones is 2. The van der Waals surface area contributed by atoms with Crippen molar-refractivity contribution < 1.29 is 33.3 Å². The Morgan fingerprint density at radius 3 is 1.69 bits per heavy atom. The van der Waals surface area contributed by atoms with Crippen LogP contribution in [0.3, 0.4) is 0 Å². The molecule has 1 aliphatic heterocycles. The van der Waals surface area contributed by atoms with E-state index in [2.05, 4.69) is 0 Å². The summed E-state index contributed by atoms with van der Waals surface area (Å²) in [5, 5.41) is 0. The first-order valence-electron chi connectivity index (χ1n) is 9.52. The largest absolute Gasteiger partial charge is 0.487 e. The highest BCUT2D eigenvalue weighted by molar-refractivity contribution is 6.49. The predicted molar refractivity (Wildman–Crippen MR) is 105 cm³/mol. The summed E-state index contributed by atoms with van der Waals surface area (Å²) in [4.78, 5) is 25.1. The van der Waals surface area contributed by atoms with Gasteiger partial charge in [-0.15, -0.1) is 0 Å². The van der Waals surface area contributed by atoms with Gasteiger partial charge in [0.1, 0.15) is 13.2 Å². The van der Waals surface area contributed by atoms with Crippen molar-refractivity contribution in [3.8, 4) is 11.5 Å². The van der Waals surface area contributed by atoms with E-state index in [0.29, 0.717) is 63.3 Å². The van der Waals surface area contributed by atoms with E-state index in [1.807, 2.05) is 0 Å². The van der Waals surface area contributed by atoms with Gasteiger partial charge in [0.25, 0.3) is 0 Å². The van der Waals surface area contributed by atoms with Crippen LogP contribution in [0.25, 0.3) is 0 Å². The number of carbonyl (C=O) groups excluding carboxylic acids is 2. The van der Waals surface area contributed by atoms with Crippen LogP contribution in [0.4, 0.5) is 0 Å². The van der Waals surface area contributed by atoms with Gasteiger partial charge < -0.3 is 23.7 Å². The van der Waals surface area contributed by atoms with E-state index in [-0.39, 0.29) is 12.2 Å². The predicted octanol–water partition coefficient (Wildman–Crippen LogP) is 2.57. The van der Waals surface area contributed by atoms with Crippen LogP contribution in [0.2, 0.25) is 0 Å². The molecule has 29 heavy (non-hydrogen) atoms. The highest BCUT2D eigenvalue weighted by Crippen LogP contribution is 2.29. The molecule has 3 rings (SSSR count). The second kappa shape index (κ2) is 11.3. The van der Waals surface area contributed by atoms with Gasteiger partial charge in [-0.2, -0.15) is 0 Å². The summed E-state index contributed by atoms with van der Waals surface area (Å²) in [5.74, 6) is -0.314. The summed E-state index contributed by atoms with van der Waals surface area (Å²) >= 11 is 0. The zero-order valence-electron chi connectivity index (χ0n) is 16.1. The maximum absolute atomic E-state index is 12.6. The van der Waals surface area contributed by atoms with E-state index in [1.165, 1.54) is 6.07 Å². The summed E-state index contributed by atoms with van der Waals surface area (Å²) < 4.78 is 27.7. The van der Waals surface area contributed by atoms with Crippen LogP contribution >= 0.6 is 0 Å². The third kappa shape index (κ3) is 6.39. The smallest absolute Gasteiger partial charge is 0.233 e. The van der Waals surface area contributed by atoms with Gasteiger partial charge in [0.15, 0.2) is 11.5 Å². The fraction of sp³-hybridized carbons (Fsp3) is 0.364. The minimum Gasteiger partial charge on any atom is -0.487 e. The van der Waals surface area contributed by atoms with Crippen molar-refractivity contribution in [1.29, 1.82) is 0 Å². The van der Waals surface area contributed by atoms with Crippen LogP contribution in [0.5, 0.6) is 11.5 Å². The van der Waals surface area contributed by atoms with Crippen molar-refractivity contribution in [2.45, 2.75) is 0 Å². The number of ether oxygens (including phenoxy) is 5. The van der Waals surface area contributed by atoms with Gasteiger partial charge >= 0.3 is 0 Å². The van der Waals surface area contributed by atoms with Crippen molar-refractivity contribution in [3.63, 3.8) is 0 Å². The second-order valence-corrected chi connectivity index (χ2v) is 6.22. The van der Waals surface area contributed by atoms with Crippen LogP contribution in [-0.4, -0.2) is 64.4 Å². The average molecular weight is 400 g/mol. The second-order valence-electron chi connectivity index (χ2n) is 6.22. The lowest BCUT2D eigenvalue weighted by molar-refractivity contribution is 0.00708. The Labute approximate surface area is 169 Å². The molecule has 7 nitrogen and oxygen atoms in total. The monoisotopic (exact) mass is 400 g/mol. The van der Waals surface area contributed by atoms with Gasteiger partial charge in [-0.25, -0.2) is 0 Å². The Balaban J connectivity index is 1.73. The first kappa shape index (κ1) is 21.0. The summed E-state index contributed by atoms with van der Waals surface area (Å²) in [6.07, 6.45) is 0. The van der Waals surface area contributed by atoms with Crippen LogP contribution in [-0.2, 0) is 14.2 Å².